The van der Waals surface area contributed by atoms with E-state index >= 15 is 0 Å². The van der Waals surface area contributed by atoms with Crippen molar-refractivity contribution in [1.29, 1.82) is 5.26 Å². The highest BCUT2D eigenvalue weighted by atomic mass is 16.4. The van der Waals surface area contributed by atoms with Crippen molar-refractivity contribution in [3.63, 3.8) is 0 Å². The van der Waals surface area contributed by atoms with E-state index in [9.17, 15) is 10.1 Å². The molecule has 3 rings (SSSR count). The summed E-state index contributed by atoms with van der Waals surface area (Å²) in [6, 6.07) is 14.1. The lowest BCUT2D eigenvalue weighted by Crippen LogP contribution is -2.56. The molecule has 5 nitrogen and oxygen atoms in total. The van der Waals surface area contributed by atoms with Crippen LogP contribution in [0.5, 0.6) is 0 Å². The van der Waals surface area contributed by atoms with Gasteiger partial charge in [-0.2, -0.15) is 5.26 Å². The Morgan fingerprint density at radius 1 is 1.27 bits per heavy atom. The zero-order chi connectivity index (χ0) is 18.6. The van der Waals surface area contributed by atoms with Gasteiger partial charge in [-0.3, -0.25) is 9.69 Å². The first kappa shape index (κ1) is 18.9. The summed E-state index contributed by atoms with van der Waals surface area (Å²) >= 11 is 0. The number of likely N-dealkylation sites (N-methyl/N-ethyl adjacent to an activating group) is 1. The molecule has 1 aromatic carbocycles. The minimum Gasteiger partial charge on any atom is -0.480 e. The number of carboxylic acid groups (broad SMARTS) is 1. The van der Waals surface area contributed by atoms with E-state index in [1.807, 2.05) is 25.1 Å². The molecular weight excluding hydrogens is 326 g/mol. The van der Waals surface area contributed by atoms with Gasteiger partial charge in [-0.05, 0) is 50.6 Å². The SMILES string of the molecule is CCN(CC(=O)O)C1CC(NC2CCC(C#N)(c3ccccc3)CC2)C1. The average Bonchev–Trinajstić information content (AvgIpc) is 2.64. The minimum atomic E-state index is -0.746. The Balaban J connectivity index is 1.47. The largest absolute Gasteiger partial charge is 0.480 e. The van der Waals surface area contributed by atoms with E-state index in [4.69, 9.17) is 5.11 Å². The summed E-state index contributed by atoms with van der Waals surface area (Å²) < 4.78 is 0. The number of hydrogen-bond acceptors (Lipinski definition) is 4. The molecule has 140 valence electrons. The fourth-order valence-electron chi connectivity index (χ4n) is 4.53. The van der Waals surface area contributed by atoms with Crippen molar-refractivity contribution in [2.75, 3.05) is 13.1 Å². The molecular formula is C21H29N3O2. The molecule has 1 aromatic rings. The van der Waals surface area contributed by atoms with Gasteiger partial charge in [-0.15, -0.1) is 0 Å². The van der Waals surface area contributed by atoms with E-state index < -0.39 is 5.97 Å². The summed E-state index contributed by atoms with van der Waals surface area (Å²) in [4.78, 5) is 13.0. The maximum Gasteiger partial charge on any atom is 0.317 e. The van der Waals surface area contributed by atoms with E-state index in [0.717, 1.165) is 50.6 Å². The number of rotatable bonds is 7. The van der Waals surface area contributed by atoms with E-state index in [1.54, 1.807) is 0 Å². The van der Waals surface area contributed by atoms with Gasteiger partial charge in [-0.25, -0.2) is 0 Å². The molecule has 0 atom stereocenters. The maximum atomic E-state index is 10.9. The van der Waals surface area contributed by atoms with Crippen LogP contribution in [0.25, 0.3) is 0 Å². The lowest BCUT2D eigenvalue weighted by Gasteiger charge is -2.45. The Labute approximate surface area is 156 Å². The van der Waals surface area contributed by atoms with Crippen LogP contribution in [0.4, 0.5) is 0 Å². The van der Waals surface area contributed by atoms with Gasteiger partial charge in [-0.1, -0.05) is 37.3 Å². The molecule has 5 heteroatoms. The van der Waals surface area contributed by atoms with Crippen molar-refractivity contribution in [1.82, 2.24) is 10.2 Å². The normalized spacial score (nSPS) is 31.2. The molecule has 0 amide bonds. The molecule has 0 saturated heterocycles. The van der Waals surface area contributed by atoms with Gasteiger partial charge < -0.3 is 10.4 Å². The van der Waals surface area contributed by atoms with Crippen molar-refractivity contribution >= 4 is 5.97 Å². The molecule has 2 aliphatic carbocycles. The zero-order valence-electron chi connectivity index (χ0n) is 15.5. The topological polar surface area (TPSA) is 76.4 Å². The molecule has 0 aromatic heterocycles. The van der Waals surface area contributed by atoms with Crippen LogP contribution in [0, 0.1) is 11.3 Å². The number of carboxylic acids is 1. The molecule has 2 saturated carbocycles. The van der Waals surface area contributed by atoms with E-state index in [-0.39, 0.29) is 12.0 Å². The van der Waals surface area contributed by atoms with Gasteiger partial charge in [0.1, 0.15) is 0 Å². The van der Waals surface area contributed by atoms with Crippen LogP contribution in [0.15, 0.2) is 30.3 Å². The first-order valence-corrected chi connectivity index (χ1v) is 9.75. The van der Waals surface area contributed by atoms with Gasteiger partial charge in [0, 0.05) is 18.1 Å². The van der Waals surface area contributed by atoms with Crippen molar-refractivity contribution in [2.24, 2.45) is 0 Å². The number of nitriles is 1. The summed E-state index contributed by atoms with van der Waals surface area (Å²) in [6.07, 6.45) is 5.91. The van der Waals surface area contributed by atoms with Crippen LogP contribution in [0.1, 0.15) is 51.0 Å². The van der Waals surface area contributed by atoms with Crippen LogP contribution in [0.3, 0.4) is 0 Å². The van der Waals surface area contributed by atoms with Gasteiger partial charge in [0.15, 0.2) is 0 Å². The fraction of sp³-hybridized carbons (Fsp3) is 0.619. The van der Waals surface area contributed by atoms with Gasteiger partial charge in [0.05, 0.1) is 18.0 Å². The second-order valence-electron chi connectivity index (χ2n) is 7.78. The molecule has 26 heavy (non-hydrogen) atoms. The standard InChI is InChI=1S/C21H29N3O2/c1-2-24(14-20(25)26)19-12-18(13-19)23-17-8-10-21(15-22,11-9-17)16-6-4-3-5-7-16/h3-7,17-19,23H,2,8-14H2,1H3,(H,25,26). The van der Waals surface area contributed by atoms with Gasteiger partial charge in [0.2, 0.25) is 0 Å². The molecule has 0 heterocycles. The predicted octanol–water partition coefficient (Wildman–Crippen LogP) is 2.92. The molecule has 0 unspecified atom stereocenters. The number of benzene rings is 1. The molecule has 0 aliphatic heterocycles. The van der Waals surface area contributed by atoms with E-state index in [2.05, 4.69) is 28.4 Å². The minimum absolute atomic E-state index is 0.138. The Kier molecular flexibility index (Phi) is 5.95. The Morgan fingerprint density at radius 2 is 1.92 bits per heavy atom. The molecule has 0 spiro atoms. The number of nitrogens with one attached hydrogen (secondary N) is 1. The van der Waals surface area contributed by atoms with E-state index in [1.165, 1.54) is 0 Å². The van der Waals surface area contributed by atoms with E-state index in [0.29, 0.717) is 18.1 Å². The fourth-order valence-corrected chi connectivity index (χ4v) is 4.53. The summed E-state index contributed by atoms with van der Waals surface area (Å²) in [7, 11) is 0. The number of aliphatic carboxylic acids is 1. The predicted molar refractivity (Wildman–Crippen MR) is 101 cm³/mol. The lowest BCUT2D eigenvalue weighted by molar-refractivity contribution is -0.139. The summed E-state index contributed by atoms with van der Waals surface area (Å²) in [5.41, 5.74) is 0.819. The van der Waals surface area contributed by atoms with Crippen LogP contribution in [-0.2, 0) is 10.2 Å². The van der Waals surface area contributed by atoms with Gasteiger partial charge in [0.25, 0.3) is 0 Å². The van der Waals surface area contributed by atoms with Gasteiger partial charge >= 0.3 is 5.97 Å². The molecule has 0 bridgehead atoms. The molecule has 2 N–H and O–H groups in total. The quantitative estimate of drug-likeness (QED) is 0.786. The summed E-state index contributed by atoms with van der Waals surface area (Å²) in [5, 5.41) is 22.5. The Bertz CT molecular complexity index is 641. The monoisotopic (exact) mass is 355 g/mol. The number of carbonyl (C=O) groups is 1. The second-order valence-corrected chi connectivity index (χ2v) is 7.78. The Hall–Kier alpha value is -1.90. The third-order valence-electron chi connectivity index (χ3n) is 6.23. The highest BCUT2D eigenvalue weighted by Crippen LogP contribution is 2.39. The third-order valence-corrected chi connectivity index (χ3v) is 6.23. The second kappa shape index (κ2) is 8.20. The van der Waals surface area contributed by atoms with Crippen LogP contribution < -0.4 is 5.32 Å². The zero-order valence-corrected chi connectivity index (χ0v) is 15.5. The lowest BCUT2D eigenvalue weighted by atomic mass is 9.69. The van der Waals surface area contributed by atoms with Crippen molar-refractivity contribution in [3.05, 3.63) is 35.9 Å². The van der Waals surface area contributed by atoms with Crippen molar-refractivity contribution < 1.29 is 9.90 Å². The Morgan fingerprint density at radius 3 is 2.46 bits per heavy atom. The smallest absolute Gasteiger partial charge is 0.317 e. The molecule has 2 fully saturated rings. The van der Waals surface area contributed by atoms with Crippen LogP contribution >= 0.6 is 0 Å². The van der Waals surface area contributed by atoms with Crippen molar-refractivity contribution in [3.8, 4) is 6.07 Å². The van der Waals surface area contributed by atoms with Crippen LogP contribution in [0.2, 0.25) is 0 Å². The first-order valence-electron chi connectivity index (χ1n) is 9.75. The average molecular weight is 355 g/mol. The van der Waals surface area contributed by atoms with Crippen LogP contribution in [-0.4, -0.2) is 47.2 Å². The maximum absolute atomic E-state index is 10.9. The first-order chi connectivity index (χ1) is 12.6. The molecule has 2 aliphatic rings. The highest BCUT2D eigenvalue weighted by Gasteiger charge is 2.39. The number of nitrogens with zero attached hydrogens (tertiary/aromatic N) is 2. The summed E-state index contributed by atoms with van der Waals surface area (Å²) in [6.45, 7) is 2.95. The van der Waals surface area contributed by atoms with Crippen molar-refractivity contribution in [2.45, 2.75) is 69.0 Å². The number of hydrogen-bond donors (Lipinski definition) is 2. The molecule has 0 radical (unpaired) electrons. The summed E-state index contributed by atoms with van der Waals surface area (Å²) in [5.74, 6) is -0.746. The third kappa shape index (κ3) is 4.08. The highest BCUT2D eigenvalue weighted by molar-refractivity contribution is 5.69.